The van der Waals surface area contributed by atoms with E-state index in [-0.39, 0.29) is 32.2 Å². The van der Waals surface area contributed by atoms with Crippen molar-refractivity contribution in [2.45, 2.75) is 4.90 Å². The summed E-state index contributed by atoms with van der Waals surface area (Å²) in [6.45, 7) is 0. The van der Waals surface area contributed by atoms with Gasteiger partial charge in [0.2, 0.25) is 0 Å². The molecule has 12 heavy (non-hydrogen) atoms. The molecular weight excluding hydrogens is 436 g/mol. The molecular formula is C6H4BrO3STl. The van der Waals surface area contributed by atoms with Crippen LogP contribution in [-0.2, 0) is 10.1 Å². The molecule has 0 N–H and O–H groups in total. The summed E-state index contributed by atoms with van der Waals surface area (Å²) in [6.07, 6.45) is 0. The summed E-state index contributed by atoms with van der Waals surface area (Å²) in [6, 6.07) is 5.52. The van der Waals surface area contributed by atoms with Gasteiger partial charge in [-0.25, -0.2) is 8.42 Å². The molecule has 0 radical (unpaired) electrons. The predicted octanol–water partition coefficient (Wildman–Crippen LogP) is 0.972. The van der Waals surface area contributed by atoms with Crippen molar-refractivity contribution in [3.63, 3.8) is 0 Å². The number of hydrogen-bond acceptors (Lipinski definition) is 3. The van der Waals surface area contributed by atoms with Gasteiger partial charge in [-0.15, -0.1) is 0 Å². The Kier molecular flexibility index (Phi) is 4.89. The van der Waals surface area contributed by atoms with Gasteiger partial charge in [0.15, 0.2) is 0 Å². The van der Waals surface area contributed by atoms with Crippen LogP contribution in [0, 0.1) is 0 Å². The third-order valence-corrected chi connectivity index (χ3v) is 2.48. The Morgan fingerprint density at radius 3 is 1.92 bits per heavy atom. The summed E-state index contributed by atoms with van der Waals surface area (Å²) in [4.78, 5) is -0.208. The van der Waals surface area contributed by atoms with Gasteiger partial charge in [-0.2, -0.15) is 0 Å². The zero-order valence-corrected chi connectivity index (χ0v) is 12.8. The van der Waals surface area contributed by atoms with E-state index in [1.165, 1.54) is 24.3 Å². The van der Waals surface area contributed by atoms with Gasteiger partial charge < -0.3 is 4.55 Å². The van der Waals surface area contributed by atoms with Crippen LogP contribution in [0.3, 0.4) is 0 Å². The Morgan fingerprint density at radius 1 is 1.17 bits per heavy atom. The monoisotopic (exact) mass is 440 g/mol. The fraction of sp³-hybridized carbons (Fsp3) is 0. The Bertz CT molecular complexity index is 346. The van der Waals surface area contributed by atoms with Gasteiger partial charge in [0.1, 0.15) is 10.1 Å². The summed E-state index contributed by atoms with van der Waals surface area (Å²) in [5, 5.41) is 0. The summed E-state index contributed by atoms with van der Waals surface area (Å²) < 4.78 is 31.9. The van der Waals surface area contributed by atoms with Crippen LogP contribution in [0.5, 0.6) is 0 Å². The minimum Gasteiger partial charge on any atom is -0.744 e. The molecule has 0 aliphatic rings. The number of halogens is 1. The van der Waals surface area contributed by atoms with Gasteiger partial charge >= 0.3 is 27.3 Å². The maximum atomic E-state index is 10.4. The van der Waals surface area contributed by atoms with Gasteiger partial charge in [0.05, 0.1) is 4.90 Å². The molecule has 3 nitrogen and oxygen atoms in total. The molecule has 0 bridgehead atoms. The van der Waals surface area contributed by atoms with Gasteiger partial charge in [-0.05, 0) is 24.3 Å². The molecule has 6 heteroatoms. The first kappa shape index (κ1) is 12.5. The third kappa shape index (κ3) is 3.50. The largest absolute Gasteiger partial charge is 1.00 e. The zero-order valence-electron chi connectivity index (χ0n) is 5.90. The molecule has 0 saturated carbocycles. The van der Waals surface area contributed by atoms with Gasteiger partial charge in [-0.1, -0.05) is 15.9 Å². The fourth-order valence-electron chi connectivity index (χ4n) is 0.601. The molecule has 1 aromatic rings. The maximum Gasteiger partial charge on any atom is 1.00 e. The summed E-state index contributed by atoms with van der Waals surface area (Å²) in [7, 11) is -4.29. The van der Waals surface area contributed by atoms with Crippen LogP contribution in [0.15, 0.2) is 33.6 Å². The van der Waals surface area contributed by atoms with Crippen molar-refractivity contribution in [3.8, 4) is 0 Å². The minimum absolute atomic E-state index is 0. The SMILES string of the molecule is O=S(=O)([O-])c1ccc(Br)cc1.[Tl+]. The Labute approximate surface area is 99.2 Å². The van der Waals surface area contributed by atoms with E-state index in [1.54, 1.807) is 0 Å². The van der Waals surface area contributed by atoms with Gasteiger partial charge in [0, 0.05) is 4.47 Å². The molecule has 0 unspecified atom stereocenters. The molecule has 1 rings (SSSR count). The first-order chi connectivity index (χ1) is 5.00. The van der Waals surface area contributed by atoms with Gasteiger partial charge in [0.25, 0.3) is 0 Å². The molecule has 62 valence electrons. The van der Waals surface area contributed by atoms with E-state index in [9.17, 15) is 13.0 Å². The number of rotatable bonds is 1. The molecule has 0 heterocycles. The summed E-state index contributed by atoms with van der Waals surface area (Å²) in [5.41, 5.74) is 0. The van der Waals surface area contributed by atoms with Crippen LogP contribution in [0.2, 0.25) is 0 Å². The van der Waals surface area contributed by atoms with Crippen molar-refractivity contribution < 1.29 is 13.0 Å². The first-order valence-electron chi connectivity index (χ1n) is 2.71. The van der Waals surface area contributed by atoms with Crippen molar-refractivity contribution >= 4 is 53.3 Å². The van der Waals surface area contributed by atoms with Crippen LogP contribution < -0.4 is 0 Å². The maximum absolute atomic E-state index is 10.4. The molecule has 0 atom stereocenters. The van der Waals surface area contributed by atoms with E-state index < -0.39 is 10.1 Å². The molecule has 0 aromatic heterocycles. The normalized spacial score (nSPS) is 10.5. The minimum atomic E-state index is -4.29. The quantitative estimate of drug-likeness (QED) is 0.483. The number of benzene rings is 1. The van der Waals surface area contributed by atoms with E-state index in [0.717, 1.165) is 4.47 Å². The molecule has 1 aromatic carbocycles. The smallest absolute Gasteiger partial charge is 0.744 e. The average molecular weight is 440 g/mol. The second-order valence-electron chi connectivity index (χ2n) is 1.91. The standard InChI is InChI=1S/C6H5BrO3S.Tl/c7-5-1-3-6(4-2-5)11(8,9)10;/h1-4H,(H,8,9,10);/q;+1/p-1. The Morgan fingerprint density at radius 2 is 1.58 bits per heavy atom. The van der Waals surface area contributed by atoms with E-state index in [1.807, 2.05) is 0 Å². The van der Waals surface area contributed by atoms with Crippen molar-refractivity contribution in [3.05, 3.63) is 28.7 Å². The Balaban J connectivity index is 0.00000121. The second-order valence-corrected chi connectivity index (χ2v) is 4.20. The van der Waals surface area contributed by atoms with Crippen LogP contribution in [-0.4, -0.2) is 40.3 Å². The van der Waals surface area contributed by atoms with Crippen LogP contribution in [0.1, 0.15) is 0 Å². The molecule has 0 saturated heterocycles. The number of hydrogen-bond donors (Lipinski definition) is 0. The molecule has 0 aliphatic carbocycles. The van der Waals surface area contributed by atoms with E-state index in [2.05, 4.69) is 15.9 Å². The van der Waals surface area contributed by atoms with Crippen molar-refractivity contribution in [1.29, 1.82) is 0 Å². The van der Waals surface area contributed by atoms with Crippen LogP contribution >= 0.6 is 15.9 Å². The Hall–Kier alpha value is 0.532. The average Bonchev–Trinajstić information content (AvgIpc) is 1.86. The molecule has 0 fully saturated rings. The molecule has 0 spiro atoms. The van der Waals surface area contributed by atoms with Crippen molar-refractivity contribution in [2.75, 3.05) is 0 Å². The molecule has 0 aliphatic heterocycles. The summed E-state index contributed by atoms with van der Waals surface area (Å²) in [5.74, 6) is 0. The van der Waals surface area contributed by atoms with E-state index >= 15 is 0 Å². The van der Waals surface area contributed by atoms with Crippen LogP contribution in [0.25, 0.3) is 0 Å². The van der Waals surface area contributed by atoms with Gasteiger partial charge in [-0.3, -0.25) is 0 Å². The van der Waals surface area contributed by atoms with Crippen LogP contribution in [0.4, 0.5) is 0 Å². The molecule has 0 amide bonds. The predicted molar refractivity (Wildman–Crippen MR) is 47.9 cm³/mol. The van der Waals surface area contributed by atoms with Crippen molar-refractivity contribution in [2.24, 2.45) is 0 Å². The zero-order chi connectivity index (χ0) is 8.48. The van der Waals surface area contributed by atoms with Crippen molar-refractivity contribution in [1.82, 2.24) is 0 Å². The van der Waals surface area contributed by atoms with E-state index in [0.29, 0.717) is 0 Å². The van der Waals surface area contributed by atoms with E-state index in [4.69, 9.17) is 0 Å². The third-order valence-electron chi connectivity index (χ3n) is 1.10. The summed E-state index contributed by atoms with van der Waals surface area (Å²) >= 11 is 3.12. The fourth-order valence-corrected chi connectivity index (χ4v) is 1.34. The topological polar surface area (TPSA) is 57.2 Å². The second kappa shape index (κ2) is 4.68. The first-order valence-corrected chi connectivity index (χ1v) is 4.92.